The second-order valence-corrected chi connectivity index (χ2v) is 5.10. The number of benzene rings is 1. The van der Waals surface area contributed by atoms with Crippen molar-refractivity contribution in [2.75, 3.05) is 11.9 Å². The van der Waals surface area contributed by atoms with E-state index in [1.165, 1.54) is 0 Å². The minimum Gasteiger partial charge on any atom is -0.394 e. The van der Waals surface area contributed by atoms with Crippen LogP contribution in [0.3, 0.4) is 0 Å². The first-order valence-electron chi connectivity index (χ1n) is 6.35. The molecule has 1 aliphatic heterocycles. The largest absolute Gasteiger partial charge is 0.394 e. The van der Waals surface area contributed by atoms with E-state index in [9.17, 15) is 14.7 Å². The van der Waals surface area contributed by atoms with Gasteiger partial charge in [-0.3, -0.25) is 9.59 Å². The summed E-state index contributed by atoms with van der Waals surface area (Å²) >= 11 is 0. The highest BCUT2D eigenvalue weighted by atomic mass is 16.3. The predicted octanol–water partition coefficient (Wildman–Crippen LogP) is 0.928. The number of hydrogen-bond donors (Lipinski definition) is 3. The van der Waals surface area contributed by atoms with Crippen LogP contribution in [-0.4, -0.2) is 29.6 Å². The summed E-state index contributed by atoms with van der Waals surface area (Å²) in [5, 5.41) is 14.7. The van der Waals surface area contributed by atoms with Crippen LogP contribution in [0.25, 0.3) is 0 Å². The Morgan fingerprint density at radius 3 is 2.84 bits per heavy atom. The third kappa shape index (κ3) is 2.93. The van der Waals surface area contributed by atoms with Crippen LogP contribution < -0.4 is 10.6 Å². The number of rotatable bonds is 4. The quantitative estimate of drug-likeness (QED) is 0.755. The monoisotopic (exact) mass is 262 g/mol. The van der Waals surface area contributed by atoms with Crippen molar-refractivity contribution in [1.82, 2.24) is 5.32 Å². The molecule has 1 aromatic rings. The Bertz CT molecular complexity index is 511. The third-order valence-electron chi connectivity index (χ3n) is 3.31. The first-order valence-corrected chi connectivity index (χ1v) is 6.35. The smallest absolute Gasteiger partial charge is 0.251 e. The fourth-order valence-corrected chi connectivity index (χ4v) is 2.05. The molecule has 0 saturated heterocycles. The number of aliphatic hydroxyl groups is 1. The van der Waals surface area contributed by atoms with Crippen molar-refractivity contribution in [3.8, 4) is 0 Å². The molecule has 2 rings (SSSR count). The average Bonchev–Trinajstić information content (AvgIpc) is 2.74. The van der Waals surface area contributed by atoms with Crippen LogP contribution in [0.15, 0.2) is 18.2 Å². The summed E-state index contributed by atoms with van der Waals surface area (Å²) in [5.41, 5.74) is 2.11. The Balaban J connectivity index is 2.12. The number of carbonyl (C=O) groups excluding carboxylic acids is 2. The molecule has 0 saturated carbocycles. The topological polar surface area (TPSA) is 78.4 Å². The Hall–Kier alpha value is -1.88. The Morgan fingerprint density at radius 2 is 2.21 bits per heavy atom. The minimum atomic E-state index is -0.263. The van der Waals surface area contributed by atoms with Crippen molar-refractivity contribution in [1.29, 1.82) is 0 Å². The number of aliphatic hydroxyl groups excluding tert-OH is 1. The van der Waals surface area contributed by atoms with E-state index in [1.54, 1.807) is 18.2 Å². The number of amides is 2. The average molecular weight is 262 g/mol. The molecule has 0 spiro atoms. The standard InChI is InChI=1S/C14H18N2O3/c1-8(2)12(7-17)16-14(19)9-3-4-11-10(5-9)6-13(18)15-11/h3-5,8,12,17H,6-7H2,1-2H3,(H,15,18)(H,16,19). The molecule has 2 amide bonds. The van der Waals surface area contributed by atoms with Crippen LogP contribution in [0.1, 0.15) is 29.8 Å². The summed E-state index contributed by atoms with van der Waals surface area (Å²) in [6.07, 6.45) is 0.310. The molecule has 0 bridgehead atoms. The van der Waals surface area contributed by atoms with E-state index in [0.717, 1.165) is 11.3 Å². The van der Waals surface area contributed by atoms with E-state index < -0.39 is 0 Å². The van der Waals surface area contributed by atoms with Crippen LogP contribution in [0.4, 0.5) is 5.69 Å². The van der Waals surface area contributed by atoms with Gasteiger partial charge in [0.15, 0.2) is 0 Å². The molecule has 1 atom stereocenters. The van der Waals surface area contributed by atoms with E-state index >= 15 is 0 Å². The lowest BCUT2D eigenvalue weighted by Gasteiger charge is -2.20. The van der Waals surface area contributed by atoms with Gasteiger partial charge >= 0.3 is 0 Å². The molecule has 0 aliphatic carbocycles. The third-order valence-corrected chi connectivity index (χ3v) is 3.31. The Kier molecular flexibility index (Phi) is 3.85. The normalized spacial score (nSPS) is 15.1. The number of anilines is 1. The lowest BCUT2D eigenvalue weighted by molar-refractivity contribution is -0.115. The summed E-state index contributed by atoms with van der Waals surface area (Å²) in [6, 6.07) is 4.87. The molecular formula is C14H18N2O3. The number of fused-ring (bicyclic) bond motifs is 1. The maximum Gasteiger partial charge on any atom is 0.251 e. The van der Waals surface area contributed by atoms with Crippen LogP contribution in [0, 0.1) is 5.92 Å². The lowest BCUT2D eigenvalue weighted by atomic mass is 10.0. The fourth-order valence-electron chi connectivity index (χ4n) is 2.05. The van der Waals surface area contributed by atoms with Crippen LogP contribution in [0.5, 0.6) is 0 Å². The molecule has 0 radical (unpaired) electrons. The zero-order valence-corrected chi connectivity index (χ0v) is 11.1. The Morgan fingerprint density at radius 1 is 1.47 bits per heavy atom. The van der Waals surface area contributed by atoms with Crippen molar-refractivity contribution in [2.45, 2.75) is 26.3 Å². The summed E-state index contributed by atoms with van der Waals surface area (Å²) in [7, 11) is 0. The van der Waals surface area contributed by atoms with Gasteiger partial charge < -0.3 is 15.7 Å². The molecular weight excluding hydrogens is 244 g/mol. The highest BCUT2D eigenvalue weighted by molar-refractivity contribution is 6.01. The summed E-state index contributed by atoms with van der Waals surface area (Å²) in [4.78, 5) is 23.3. The molecule has 1 unspecified atom stereocenters. The molecule has 1 heterocycles. The molecule has 19 heavy (non-hydrogen) atoms. The highest BCUT2D eigenvalue weighted by Crippen LogP contribution is 2.23. The summed E-state index contributed by atoms with van der Waals surface area (Å²) < 4.78 is 0. The van der Waals surface area contributed by atoms with Crippen LogP contribution in [-0.2, 0) is 11.2 Å². The van der Waals surface area contributed by atoms with E-state index in [-0.39, 0.29) is 30.4 Å². The van der Waals surface area contributed by atoms with Crippen molar-refractivity contribution in [3.63, 3.8) is 0 Å². The number of nitrogens with one attached hydrogen (secondary N) is 2. The summed E-state index contributed by atoms with van der Waals surface area (Å²) in [5.74, 6) is -0.121. The molecule has 0 fully saturated rings. The van der Waals surface area contributed by atoms with E-state index in [0.29, 0.717) is 12.0 Å². The van der Waals surface area contributed by atoms with Crippen LogP contribution in [0.2, 0.25) is 0 Å². The zero-order valence-electron chi connectivity index (χ0n) is 11.1. The van der Waals surface area contributed by atoms with Gasteiger partial charge in [0.2, 0.25) is 5.91 Å². The van der Waals surface area contributed by atoms with Crippen molar-refractivity contribution in [3.05, 3.63) is 29.3 Å². The molecule has 0 aromatic heterocycles. The molecule has 102 valence electrons. The van der Waals surface area contributed by atoms with Gasteiger partial charge in [-0.2, -0.15) is 0 Å². The lowest BCUT2D eigenvalue weighted by Crippen LogP contribution is -2.41. The van der Waals surface area contributed by atoms with Gasteiger partial charge in [0, 0.05) is 11.3 Å². The number of carbonyl (C=O) groups is 2. The minimum absolute atomic E-state index is 0.0528. The first kappa shape index (κ1) is 13.5. The molecule has 1 aliphatic rings. The first-order chi connectivity index (χ1) is 9.01. The molecule has 1 aromatic carbocycles. The van der Waals surface area contributed by atoms with Crippen LogP contribution >= 0.6 is 0 Å². The maximum absolute atomic E-state index is 12.1. The Labute approximate surface area is 112 Å². The van der Waals surface area contributed by atoms with Crippen molar-refractivity contribution in [2.24, 2.45) is 5.92 Å². The fraction of sp³-hybridized carbons (Fsp3) is 0.429. The van der Waals surface area contributed by atoms with Gasteiger partial charge in [-0.25, -0.2) is 0 Å². The highest BCUT2D eigenvalue weighted by Gasteiger charge is 2.21. The van der Waals surface area contributed by atoms with Crippen molar-refractivity contribution < 1.29 is 14.7 Å². The second-order valence-electron chi connectivity index (χ2n) is 5.10. The van der Waals surface area contributed by atoms with E-state index in [4.69, 9.17) is 0 Å². The van der Waals surface area contributed by atoms with Gasteiger partial charge in [-0.05, 0) is 29.7 Å². The van der Waals surface area contributed by atoms with Gasteiger partial charge in [-0.15, -0.1) is 0 Å². The van der Waals surface area contributed by atoms with Gasteiger partial charge in [0.25, 0.3) is 5.91 Å². The van der Waals surface area contributed by atoms with Gasteiger partial charge in [0.1, 0.15) is 0 Å². The molecule has 5 nitrogen and oxygen atoms in total. The maximum atomic E-state index is 12.1. The van der Waals surface area contributed by atoms with Gasteiger partial charge in [0.05, 0.1) is 19.1 Å². The second kappa shape index (κ2) is 5.40. The predicted molar refractivity (Wildman–Crippen MR) is 72.0 cm³/mol. The number of hydrogen-bond acceptors (Lipinski definition) is 3. The van der Waals surface area contributed by atoms with E-state index in [1.807, 2.05) is 13.8 Å². The van der Waals surface area contributed by atoms with Gasteiger partial charge in [-0.1, -0.05) is 13.8 Å². The molecule has 3 N–H and O–H groups in total. The molecule has 5 heteroatoms. The summed E-state index contributed by atoms with van der Waals surface area (Å²) in [6.45, 7) is 3.79. The zero-order chi connectivity index (χ0) is 14.0. The van der Waals surface area contributed by atoms with Crippen molar-refractivity contribution >= 4 is 17.5 Å². The SMILES string of the molecule is CC(C)C(CO)NC(=O)c1ccc2c(c1)CC(=O)N2. The van der Waals surface area contributed by atoms with E-state index in [2.05, 4.69) is 10.6 Å².